The van der Waals surface area contributed by atoms with Gasteiger partial charge in [-0.2, -0.15) is 0 Å². The molecule has 0 aliphatic carbocycles. The molecule has 2 amide bonds. The van der Waals surface area contributed by atoms with Gasteiger partial charge in [-0.05, 0) is 74.9 Å². The first-order valence-electron chi connectivity index (χ1n) is 16.5. The number of nitrogens with zero attached hydrogens (tertiary/aromatic N) is 3. The molecule has 2 fully saturated rings. The van der Waals surface area contributed by atoms with Crippen molar-refractivity contribution in [1.29, 1.82) is 0 Å². The molecule has 3 aromatic rings. The van der Waals surface area contributed by atoms with Crippen molar-refractivity contribution in [2.45, 2.75) is 90.8 Å². The number of hydrogen-bond donors (Lipinski definition) is 3. The van der Waals surface area contributed by atoms with Crippen molar-refractivity contribution < 1.29 is 19.4 Å². The second-order valence-corrected chi connectivity index (χ2v) is 15.0. The van der Waals surface area contributed by atoms with E-state index in [1.54, 1.807) is 11.3 Å². The molecule has 46 heavy (non-hydrogen) atoms. The van der Waals surface area contributed by atoms with Crippen molar-refractivity contribution in [2.24, 2.45) is 5.41 Å². The van der Waals surface area contributed by atoms with Gasteiger partial charge in [0.05, 0.1) is 40.8 Å². The zero-order valence-electron chi connectivity index (χ0n) is 27.6. The average molecular weight is 646 g/mol. The Morgan fingerprint density at radius 3 is 2.59 bits per heavy atom. The minimum atomic E-state index is -0.606. The lowest BCUT2D eigenvalue weighted by Crippen LogP contribution is -2.54. The van der Waals surface area contributed by atoms with E-state index in [0.717, 1.165) is 58.9 Å². The first-order valence-corrected chi connectivity index (χ1v) is 17.4. The van der Waals surface area contributed by atoms with Crippen molar-refractivity contribution in [3.8, 4) is 16.2 Å². The number of nitrogens with one attached hydrogen (secondary N) is 2. The minimum absolute atomic E-state index is 0.00275. The summed E-state index contributed by atoms with van der Waals surface area (Å²) in [6.45, 7) is 13.6. The Morgan fingerprint density at radius 1 is 1.17 bits per heavy atom. The summed E-state index contributed by atoms with van der Waals surface area (Å²) in [5, 5.41) is 17.3. The van der Waals surface area contributed by atoms with Crippen molar-refractivity contribution in [2.75, 3.05) is 26.2 Å². The van der Waals surface area contributed by atoms with Gasteiger partial charge in [0.15, 0.2) is 0 Å². The van der Waals surface area contributed by atoms with Crippen molar-refractivity contribution >= 4 is 23.2 Å². The van der Waals surface area contributed by atoms with Crippen LogP contribution in [0.25, 0.3) is 10.4 Å². The number of fused-ring (bicyclic) bond motifs is 1. The Hall–Kier alpha value is -3.31. The molecule has 0 spiro atoms. The SMILES string of the molecule is Cc1ncsc1-c1ccc([C@H](C)NC(=O)[C@@H]2C[C@@H](O)CN2C[C@@H](N2Cc3c(OC4CCNCC4)cccc3C2=O)C(C)(C)C)cc1. The number of carbonyl (C=O) groups is 2. The number of benzene rings is 2. The number of piperidine rings is 1. The van der Waals surface area contributed by atoms with Gasteiger partial charge in [-0.3, -0.25) is 14.5 Å². The normalized spacial score (nSPS) is 22.1. The highest BCUT2D eigenvalue weighted by Crippen LogP contribution is 2.38. The summed E-state index contributed by atoms with van der Waals surface area (Å²) in [6, 6.07) is 13.2. The number of aryl methyl sites for hydroxylation is 1. The third kappa shape index (κ3) is 6.86. The van der Waals surface area contributed by atoms with Crippen LogP contribution >= 0.6 is 11.3 Å². The molecule has 10 heteroatoms. The Morgan fingerprint density at radius 2 is 1.91 bits per heavy atom. The monoisotopic (exact) mass is 645 g/mol. The van der Waals surface area contributed by atoms with Crippen molar-refractivity contribution in [1.82, 2.24) is 25.4 Å². The van der Waals surface area contributed by atoms with E-state index in [1.165, 1.54) is 0 Å². The number of thiazole rings is 1. The lowest BCUT2D eigenvalue weighted by Gasteiger charge is -2.41. The molecule has 3 aliphatic rings. The van der Waals surface area contributed by atoms with E-state index in [9.17, 15) is 14.7 Å². The highest BCUT2D eigenvalue weighted by atomic mass is 32.1. The molecular formula is C36H47N5O4S. The molecule has 2 saturated heterocycles. The van der Waals surface area contributed by atoms with Gasteiger partial charge in [-0.15, -0.1) is 11.3 Å². The standard InChI is InChI=1S/C36H47N5O4S/c1-22(24-9-11-25(12-10-24)33-23(2)38-21-46-33)39-34(43)30-17-26(42)18-40(30)20-32(36(3,4)5)41-19-29-28(35(41)44)7-6-8-31(29)45-27-13-15-37-16-14-27/h6-12,21-22,26-27,30,32,37,42H,13-20H2,1-5H3,(H,39,43)/t22-,26+,30-,32+/m0/s1. The number of hydrogen-bond acceptors (Lipinski definition) is 8. The van der Waals surface area contributed by atoms with Gasteiger partial charge in [-0.1, -0.05) is 51.1 Å². The summed E-state index contributed by atoms with van der Waals surface area (Å²) in [6.07, 6.45) is 1.79. The fourth-order valence-electron chi connectivity index (χ4n) is 7.09. The third-order valence-corrected chi connectivity index (χ3v) is 10.8. The summed E-state index contributed by atoms with van der Waals surface area (Å²) < 4.78 is 6.44. The summed E-state index contributed by atoms with van der Waals surface area (Å²) in [5.41, 5.74) is 6.37. The van der Waals surface area contributed by atoms with E-state index in [4.69, 9.17) is 4.74 Å². The molecule has 0 radical (unpaired) electrons. The molecule has 3 N–H and O–H groups in total. The second kappa shape index (κ2) is 13.4. The molecule has 0 saturated carbocycles. The number of ether oxygens (including phenoxy) is 1. The van der Waals surface area contributed by atoms with Gasteiger partial charge < -0.3 is 25.4 Å². The predicted octanol–water partition coefficient (Wildman–Crippen LogP) is 4.93. The van der Waals surface area contributed by atoms with Crippen LogP contribution < -0.4 is 15.4 Å². The summed E-state index contributed by atoms with van der Waals surface area (Å²) in [4.78, 5) is 37.2. The Kier molecular flexibility index (Phi) is 9.53. The first-order chi connectivity index (χ1) is 22.0. The molecular weight excluding hydrogens is 598 g/mol. The minimum Gasteiger partial charge on any atom is -0.490 e. The van der Waals surface area contributed by atoms with Crippen LogP contribution in [-0.4, -0.2) is 82.2 Å². The quantitative estimate of drug-likeness (QED) is 0.303. The maximum atomic E-state index is 13.9. The smallest absolute Gasteiger partial charge is 0.254 e. The Balaban J connectivity index is 1.15. The van der Waals surface area contributed by atoms with Crippen LogP contribution in [0.2, 0.25) is 0 Å². The number of aliphatic hydroxyl groups is 1. The van der Waals surface area contributed by atoms with Gasteiger partial charge in [0.1, 0.15) is 11.9 Å². The van der Waals surface area contributed by atoms with Crippen LogP contribution in [0.4, 0.5) is 0 Å². The fraction of sp³-hybridized carbons (Fsp3) is 0.528. The van der Waals surface area contributed by atoms with Crippen LogP contribution in [0.15, 0.2) is 48.0 Å². The van der Waals surface area contributed by atoms with Crippen LogP contribution in [0, 0.1) is 12.3 Å². The van der Waals surface area contributed by atoms with E-state index < -0.39 is 12.1 Å². The molecule has 4 heterocycles. The van der Waals surface area contributed by atoms with Gasteiger partial charge in [0.2, 0.25) is 5.91 Å². The lowest BCUT2D eigenvalue weighted by atomic mass is 9.85. The van der Waals surface area contributed by atoms with Gasteiger partial charge in [0.25, 0.3) is 5.91 Å². The van der Waals surface area contributed by atoms with Crippen LogP contribution in [0.5, 0.6) is 5.75 Å². The zero-order valence-corrected chi connectivity index (χ0v) is 28.4. The van der Waals surface area contributed by atoms with Crippen LogP contribution in [0.1, 0.15) is 80.2 Å². The van der Waals surface area contributed by atoms with Crippen molar-refractivity contribution in [3.05, 3.63) is 70.4 Å². The van der Waals surface area contributed by atoms with E-state index >= 15 is 0 Å². The highest BCUT2D eigenvalue weighted by Gasteiger charge is 2.44. The number of likely N-dealkylation sites (tertiary alicyclic amines) is 1. The summed E-state index contributed by atoms with van der Waals surface area (Å²) in [7, 11) is 0. The molecule has 3 aliphatic heterocycles. The van der Waals surface area contributed by atoms with E-state index in [0.29, 0.717) is 31.6 Å². The molecule has 246 valence electrons. The molecule has 4 atom stereocenters. The van der Waals surface area contributed by atoms with E-state index in [2.05, 4.69) is 65.6 Å². The number of carbonyl (C=O) groups excluding carboxylic acids is 2. The van der Waals surface area contributed by atoms with Gasteiger partial charge in [0, 0.05) is 30.3 Å². The van der Waals surface area contributed by atoms with E-state index in [-0.39, 0.29) is 35.4 Å². The number of aliphatic hydroxyl groups excluding tert-OH is 1. The lowest BCUT2D eigenvalue weighted by molar-refractivity contribution is -0.126. The first kappa shape index (κ1) is 32.6. The summed E-state index contributed by atoms with van der Waals surface area (Å²) >= 11 is 1.62. The maximum absolute atomic E-state index is 13.9. The molecule has 9 nitrogen and oxygen atoms in total. The van der Waals surface area contributed by atoms with Crippen molar-refractivity contribution in [3.63, 3.8) is 0 Å². The largest absolute Gasteiger partial charge is 0.490 e. The highest BCUT2D eigenvalue weighted by molar-refractivity contribution is 7.13. The second-order valence-electron chi connectivity index (χ2n) is 14.1. The third-order valence-electron chi connectivity index (χ3n) is 9.78. The molecule has 2 aromatic carbocycles. The molecule has 6 rings (SSSR count). The molecule has 1 aromatic heterocycles. The maximum Gasteiger partial charge on any atom is 0.254 e. The number of amides is 2. The zero-order chi connectivity index (χ0) is 32.6. The Labute approximate surface area is 276 Å². The van der Waals surface area contributed by atoms with Gasteiger partial charge in [-0.25, -0.2) is 4.98 Å². The van der Waals surface area contributed by atoms with Crippen LogP contribution in [0.3, 0.4) is 0 Å². The Bertz CT molecular complexity index is 1540. The number of aromatic nitrogens is 1. The van der Waals surface area contributed by atoms with E-state index in [1.807, 2.05) is 42.5 Å². The summed E-state index contributed by atoms with van der Waals surface area (Å²) in [5.74, 6) is 0.691. The number of rotatable bonds is 9. The van der Waals surface area contributed by atoms with Gasteiger partial charge >= 0.3 is 0 Å². The van der Waals surface area contributed by atoms with Crippen LogP contribution in [-0.2, 0) is 11.3 Å². The molecule has 0 bridgehead atoms. The fourth-order valence-corrected chi connectivity index (χ4v) is 7.90. The number of β-amino-alcohol motifs (C(OH)–C–C–N with tert-alkyl or cyclic N) is 1. The average Bonchev–Trinajstić information content (AvgIpc) is 3.72. The predicted molar refractivity (Wildman–Crippen MR) is 181 cm³/mol. The molecule has 0 unspecified atom stereocenters. The topological polar surface area (TPSA) is 107 Å².